The molecule has 0 unspecified atom stereocenters. The topological polar surface area (TPSA) is 47.6 Å². The fourth-order valence-corrected chi connectivity index (χ4v) is 2.08. The van der Waals surface area contributed by atoms with Crippen molar-refractivity contribution in [1.29, 1.82) is 0 Å². The number of anilines is 1. The zero-order valence-electron chi connectivity index (χ0n) is 11.6. The van der Waals surface area contributed by atoms with Crippen LogP contribution in [-0.2, 0) is 0 Å². The van der Waals surface area contributed by atoms with Crippen molar-refractivity contribution >= 4 is 11.6 Å². The van der Waals surface area contributed by atoms with Crippen molar-refractivity contribution in [3.8, 4) is 11.5 Å². The second kappa shape index (κ2) is 6.01. The number of halogens is 2. The Bertz CT molecular complexity index is 719. The van der Waals surface area contributed by atoms with Gasteiger partial charge in [-0.3, -0.25) is 4.79 Å². The third-order valence-corrected chi connectivity index (χ3v) is 3.19. The minimum absolute atomic E-state index is 0.0333. The van der Waals surface area contributed by atoms with E-state index in [2.05, 4.69) is 5.32 Å². The van der Waals surface area contributed by atoms with Crippen molar-refractivity contribution < 1.29 is 23.0 Å². The number of fused-ring (bicyclic) bond motifs is 1. The van der Waals surface area contributed by atoms with E-state index in [-0.39, 0.29) is 5.56 Å². The number of hydrogen-bond donors (Lipinski definition) is 1. The van der Waals surface area contributed by atoms with Crippen molar-refractivity contribution in [2.75, 3.05) is 18.5 Å². The van der Waals surface area contributed by atoms with Gasteiger partial charge in [0.1, 0.15) is 0 Å². The fourth-order valence-electron chi connectivity index (χ4n) is 2.08. The van der Waals surface area contributed by atoms with Crippen LogP contribution in [0.2, 0.25) is 0 Å². The Morgan fingerprint density at radius 1 is 0.955 bits per heavy atom. The Hall–Kier alpha value is -2.63. The Morgan fingerprint density at radius 2 is 1.73 bits per heavy atom. The Morgan fingerprint density at radius 3 is 2.50 bits per heavy atom. The fraction of sp³-hybridized carbons (Fsp3) is 0.188. The molecule has 1 aliphatic rings. The highest BCUT2D eigenvalue weighted by Gasteiger charge is 2.13. The molecular weight excluding hydrogens is 292 g/mol. The average molecular weight is 305 g/mol. The highest BCUT2D eigenvalue weighted by molar-refractivity contribution is 6.04. The van der Waals surface area contributed by atoms with Crippen molar-refractivity contribution in [3.05, 3.63) is 53.6 Å². The molecule has 3 rings (SSSR count). The molecule has 1 N–H and O–H groups in total. The van der Waals surface area contributed by atoms with Crippen LogP contribution in [0.5, 0.6) is 11.5 Å². The summed E-state index contributed by atoms with van der Waals surface area (Å²) in [5, 5.41) is 2.61. The predicted molar refractivity (Wildman–Crippen MR) is 76.4 cm³/mol. The number of ether oxygens (including phenoxy) is 2. The number of carbonyl (C=O) groups is 1. The molecule has 114 valence electrons. The van der Waals surface area contributed by atoms with Gasteiger partial charge in [-0.2, -0.15) is 0 Å². The van der Waals surface area contributed by atoms with Gasteiger partial charge in [-0.15, -0.1) is 0 Å². The van der Waals surface area contributed by atoms with E-state index in [1.165, 1.54) is 6.07 Å². The zero-order valence-corrected chi connectivity index (χ0v) is 11.6. The van der Waals surface area contributed by atoms with Gasteiger partial charge in [-0.05, 0) is 30.3 Å². The van der Waals surface area contributed by atoms with Gasteiger partial charge in [0.25, 0.3) is 5.91 Å². The number of benzene rings is 2. The lowest BCUT2D eigenvalue weighted by Crippen LogP contribution is -2.12. The summed E-state index contributed by atoms with van der Waals surface area (Å²) in [5.41, 5.74) is 0.519. The second-order valence-corrected chi connectivity index (χ2v) is 4.80. The van der Waals surface area contributed by atoms with E-state index >= 15 is 0 Å². The molecule has 0 radical (unpaired) electrons. The van der Waals surface area contributed by atoms with E-state index in [1.807, 2.05) is 0 Å². The first kappa shape index (κ1) is 14.3. The summed E-state index contributed by atoms with van der Waals surface area (Å²) in [6, 6.07) is 7.98. The molecule has 6 heteroatoms. The SMILES string of the molecule is O=C(Nc1ccc2c(c1)OCCCO2)c1ccc(F)c(F)c1. The standard InChI is InChI=1S/C16H13F2NO3/c17-12-4-2-10(8-13(12)18)16(20)19-11-3-5-14-15(9-11)22-7-1-6-21-14/h2-5,8-9H,1,6-7H2,(H,19,20). The average Bonchev–Trinajstić information content (AvgIpc) is 2.74. The summed E-state index contributed by atoms with van der Waals surface area (Å²) >= 11 is 0. The molecule has 0 saturated carbocycles. The van der Waals surface area contributed by atoms with Gasteiger partial charge in [-0.1, -0.05) is 0 Å². The lowest BCUT2D eigenvalue weighted by Gasteiger charge is -2.10. The van der Waals surface area contributed by atoms with E-state index in [9.17, 15) is 13.6 Å². The van der Waals surface area contributed by atoms with Gasteiger partial charge in [0.15, 0.2) is 23.1 Å². The Labute approximate surface area is 125 Å². The van der Waals surface area contributed by atoms with Crippen molar-refractivity contribution in [1.82, 2.24) is 0 Å². The highest BCUT2D eigenvalue weighted by atomic mass is 19.2. The summed E-state index contributed by atoms with van der Waals surface area (Å²) in [6.45, 7) is 1.11. The second-order valence-electron chi connectivity index (χ2n) is 4.80. The van der Waals surface area contributed by atoms with Crippen LogP contribution in [0.1, 0.15) is 16.8 Å². The summed E-state index contributed by atoms with van der Waals surface area (Å²) in [4.78, 5) is 12.0. The summed E-state index contributed by atoms with van der Waals surface area (Å²) in [5.74, 6) is -1.43. The van der Waals surface area contributed by atoms with Crippen LogP contribution >= 0.6 is 0 Å². The molecule has 1 amide bonds. The molecule has 0 atom stereocenters. The van der Waals surface area contributed by atoms with Crippen LogP contribution < -0.4 is 14.8 Å². The third kappa shape index (κ3) is 3.00. The molecule has 0 spiro atoms. The minimum atomic E-state index is -1.06. The molecule has 2 aromatic carbocycles. The molecule has 4 nitrogen and oxygen atoms in total. The molecule has 0 aromatic heterocycles. The molecule has 2 aromatic rings. The number of nitrogens with one attached hydrogen (secondary N) is 1. The van der Waals surface area contributed by atoms with Gasteiger partial charge in [0, 0.05) is 23.7 Å². The van der Waals surface area contributed by atoms with E-state index in [4.69, 9.17) is 9.47 Å². The normalized spacial score (nSPS) is 13.4. The van der Waals surface area contributed by atoms with Crippen molar-refractivity contribution in [2.24, 2.45) is 0 Å². The van der Waals surface area contributed by atoms with Crippen molar-refractivity contribution in [3.63, 3.8) is 0 Å². The lowest BCUT2D eigenvalue weighted by molar-refractivity contribution is 0.102. The number of hydrogen-bond acceptors (Lipinski definition) is 3. The van der Waals surface area contributed by atoms with Crippen LogP contribution in [0.25, 0.3) is 0 Å². The molecule has 0 saturated heterocycles. The van der Waals surface area contributed by atoms with E-state index in [0.717, 1.165) is 18.6 Å². The molecule has 0 aliphatic carbocycles. The largest absolute Gasteiger partial charge is 0.490 e. The van der Waals surface area contributed by atoms with E-state index < -0.39 is 17.5 Å². The van der Waals surface area contributed by atoms with Gasteiger partial charge < -0.3 is 14.8 Å². The van der Waals surface area contributed by atoms with Crippen LogP contribution in [0, 0.1) is 11.6 Å². The van der Waals surface area contributed by atoms with Gasteiger partial charge in [-0.25, -0.2) is 8.78 Å². The van der Waals surface area contributed by atoms with Crippen LogP contribution in [0.3, 0.4) is 0 Å². The highest BCUT2D eigenvalue weighted by Crippen LogP contribution is 2.32. The first-order valence-electron chi connectivity index (χ1n) is 6.79. The predicted octanol–water partition coefficient (Wildman–Crippen LogP) is 3.38. The van der Waals surface area contributed by atoms with Crippen molar-refractivity contribution in [2.45, 2.75) is 6.42 Å². The van der Waals surface area contributed by atoms with Crippen LogP contribution in [-0.4, -0.2) is 19.1 Å². The molecular formula is C16H13F2NO3. The molecule has 0 fully saturated rings. The maximum absolute atomic E-state index is 13.2. The monoisotopic (exact) mass is 305 g/mol. The zero-order chi connectivity index (χ0) is 15.5. The smallest absolute Gasteiger partial charge is 0.255 e. The number of carbonyl (C=O) groups excluding carboxylic acids is 1. The molecule has 22 heavy (non-hydrogen) atoms. The molecule has 1 aliphatic heterocycles. The summed E-state index contributed by atoms with van der Waals surface area (Å²) in [7, 11) is 0. The van der Waals surface area contributed by atoms with Gasteiger partial charge >= 0.3 is 0 Å². The van der Waals surface area contributed by atoms with E-state index in [0.29, 0.717) is 30.4 Å². The molecule has 0 bridgehead atoms. The van der Waals surface area contributed by atoms with Gasteiger partial charge in [0.2, 0.25) is 0 Å². The van der Waals surface area contributed by atoms with Crippen LogP contribution in [0.4, 0.5) is 14.5 Å². The first-order chi connectivity index (χ1) is 10.6. The lowest BCUT2D eigenvalue weighted by atomic mass is 10.2. The summed E-state index contributed by atoms with van der Waals surface area (Å²) in [6.07, 6.45) is 0.783. The molecule has 1 heterocycles. The van der Waals surface area contributed by atoms with E-state index in [1.54, 1.807) is 18.2 Å². The minimum Gasteiger partial charge on any atom is -0.490 e. The number of rotatable bonds is 2. The summed E-state index contributed by atoms with van der Waals surface area (Å²) < 4.78 is 37.1. The Balaban J connectivity index is 1.79. The maximum atomic E-state index is 13.2. The Kier molecular flexibility index (Phi) is 3.91. The third-order valence-electron chi connectivity index (χ3n) is 3.19. The quantitative estimate of drug-likeness (QED) is 0.925. The first-order valence-corrected chi connectivity index (χ1v) is 6.79. The van der Waals surface area contributed by atoms with Crippen LogP contribution in [0.15, 0.2) is 36.4 Å². The number of amides is 1. The maximum Gasteiger partial charge on any atom is 0.255 e. The van der Waals surface area contributed by atoms with Gasteiger partial charge in [0.05, 0.1) is 13.2 Å².